The predicted molar refractivity (Wildman–Crippen MR) is 55.9 cm³/mol. The Kier molecular flexibility index (Phi) is 2.49. The standard InChI is InChI=1S/C9H12BrN3/c1-2-11-9-7(10)5-12-8(13-9)6-3-4-6/h5-6H,2-4H2,1H3,(H,11,12,13). The molecule has 0 saturated heterocycles. The van der Waals surface area contributed by atoms with E-state index in [4.69, 9.17) is 0 Å². The number of nitrogens with zero attached hydrogens (tertiary/aromatic N) is 2. The molecule has 1 aliphatic rings. The number of rotatable bonds is 3. The molecule has 13 heavy (non-hydrogen) atoms. The molecule has 1 heterocycles. The van der Waals surface area contributed by atoms with E-state index in [9.17, 15) is 0 Å². The Balaban J connectivity index is 2.25. The topological polar surface area (TPSA) is 37.8 Å². The number of nitrogens with one attached hydrogen (secondary N) is 1. The molecular formula is C9H12BrN3. The van der Waals surface area contributed by atoms with Gasteiger partial charge in [-0.2, -0.15) is 0 Å². The average Bonchev–Trinajstić information content (AvgIpc) is 2.92. The Labute approximate surface area is 86.1 Å². The Morgan fingerprint density at radius 1 is 1.62 bits per heavy atom. The van der Waals surface area contributed by atoms with Crippen LogP contribution in [0.15, 0.2) is 10.7 Å². The number of hydrogen-bond acceptors (Lipinski definition) is 3. The first-order valence-corrected chi connectivity index (χ1v) is 5.37. The SMILES string of the molecule is CCNc1nc(C2CC2)ncc1Br. The van der Waals surface area contributed by atoms with Crippen molar-refractivity contribution in [3.63, 3.8) is 0 Å². The van der Waals surface area contributed by atoms with Gasteiger partial charge in [0.2, 0.25) is 0 Å². The van der Waals surface area contributed by atoms with Crippen LogP contribution in [0.2, 0.25) is 0 Å². The van der Waals surface area contributed by atoms with Gasteiger partial charge < -0.3 is 5.32 Å². The first kappa shape index (κ1) is 8.94. The summed E-state index contributed by atoms with van der Waals surface area (Å²) < 4.78 is 0.943. The second kappa shape index (κ2) is 3.62. The van der Waals surface area contributed by atoms with Crippen molar-refractivity contribution >= 4 is 21.7 Å². The van der Waals surface area contributed by atoms with Crippen LogP contribution in [0, 0.1) is 0 Å². The lowest BCUT2D eigenvalue weighted by molar-refractivity contribution is 0.919. The molecule has 1 aromatic rings. The van der Waals surface area contributed by atoms with Crippen molar-refractivity contribution in [2.75, 3.05) is 11.9 Å². The van der Waals surface area contributed by atoms with Gasteiger partial charge in [-0.05, 0) is 35.7 Å². The molecule has 1 fully saturated rings. The number of anilines is 1. The molecular weight excluding hydrogens is 230 g/mol. The van der Waals surface area contributed by atoms with E-state index in [2.05, 4.69) is 38.1 Å². The van der Waals surface area contributed by atoms with Gasteiger partial charge in [-0.3, -0.25) is 0 Å². The van der Waals surface area contributed by atoms with Gasteiger partial charge in [0.1, 0.15) is 11.6 Å². The summed E-state index contributed by atoms with van der Waals surface area (Å²) in [5, 5.41) is 3.20. The highest BCUT2D eigenvalue weighted by Gasteiger charge is 2.26. The number of hydrogen-bond donors (Lipinski definition) is 1. The van der Waals surface area contributed by atoms with Crippen molar-refractivity contribution in [1.82, 2.24) is 9.97 Å². The molecule has 0 aliphatic heterocycles. The van der Waals surface area contributed by atoms with Crippen LogP contribution in [-0.2, 0) is 0 Å². The highest BCUT2D eigenvalue weighted by atomic mass is 79.9. The van der Waals surface area contributed by atoms with Gasteiger partial charge in [0.15, 0.2) is 0 Å². The van der Waals surface area contributed by atoms with Crippen LogP contribution in [0.25, 0.3) is 0 Å². The van der Waals surface area contributed by atoms with Crippen LogP contribution < -0.4 is 5.32 Å². The molecule has 0 unspecified atom stereocenters. The van der Waals surface area contributed by atoms with Crippen LogP contribution in [-0.4, -0.2) is 16.5 Å². The minimum atomic E-state index is 0.616. The maximum Gasteiger partial charge on any atom is 0.144 e. The summed E-state index contributed by atoms with van der Waals surface area (Å²) in [7, 11) is 0. The molecule has 0 aromatic carbocycles. The summed E-state index contributed by atoms with van der Waals surface area (Å²) in [6.07, 6.45) is 4.32. The molecule has 1 N–H and O–H groups in total. The van der Waals surface area contributed by atoms with Crippen molar-refractivity contribution in [3.05, 3.63) is 16.5 Å². The zero-order chi connectivity index (χ0) is 9.26. The number of aromatic nitrogens is 2. The maximum atomic E-state index is 4.45. The van der Waals surface area contributed by atoms with Gasteiger partial charge in [0.05, 0.1) is 4.47 Å². The normalized spacial score (nSPS) is 15.8. The van der Waals surface area contributed by atoms with E-state index in [1.54, 1.807) is 0 Å². The molecule has 1 saturated carbocycles. The average molecular weight is 242 g/mol. The fourth-order valence-corrected chi connectivity index (χ4v) is 1.54. The second-order valence-electron chi connectivity index (χ2n) is 3.23. The Morgan fingerprint density at radius 3 is 3.00 bits per heavy atom. The summed E-state index contributed by atoms with van der Waals surface area (Å²) in [6, 6.07) is 0. The Hall–Kier alpha value is -0.640. The molecule has 0 bridgehead atoms. The van der Waals surface area contributed by atoms with Crippen molar-refractivity contribution < 1.29 is 0 Å². The highest BCUT2D eigenvalue weighted by molar-refractivity contribution is 9.10. The van der Waals surface area contributed by atoms with Gasteiger partial charge >= 0.3 is 0 Å². The quantitative estimate of drug-likeness (QED) is 0.885. The van der Waals surface area contributed by atoms with Crippen LogP contribution in [0.1, 0.15) is 31.5 Å². The van der Waals surface area contributed by atoms with Crippen LogP contribution in [0.4, 0.5) is 5.82 Å². The van der Waals surface area contributed by atoms with Gasteiger partial charge in [-0.1, -0.05) is 0 Å². The van der Waals surface area contributed by atoms with E-state index in [0.29, 0.717) is 5.92 Å². The molecule has 2 rings (SSSR count). The molecule has 70 valence electrons. The van der Waals surface area contributed by atoms with E-state index in [0.717, 1.165) is 22.7 Å². The minimum absolute atomic E-state index is 0.616. The first-order chi connectivity index (χ1) is 6.31. The molecule has 0 radical (unpaired) electrons. The van der Waals surface area contributed by atoms with Crippen LogP contribution in [0.5, 0.6) is 0 Å². The van der Waals surface area contributed by atoms with Gasteiger partial charge in [-0.25, -0.2) is 9.97 Å². The summed E-state index contributed by atoms with van der Waals surface area (Å²) in [5.74, 6) is 2.52. The molecule has 1 aliphatic carbocycles. The molecule has 0 amide bonds. The van der Waals surface area contributed by atoms with Crippen molar-refractivity contribution in [2.24, 2.45) is 0 Å². The fraction of sp³-hybridized carbons (Fsp3) is 0.556. The zero-order valence-corrected chi connectivity index (χ0v) is 9.13. The summed E-state index contributed by atoms with van der Waals surface area (Å²) >= 11 is 3.41. The van der Waals surface area contributed by atoms with Crippen LogP contribution >= 0.6 is 15.9 Å². The molecule has 0 atom stereocenters. The summed E-state index contributed by atoms with van der Waals surface area (Å²) in [4.78, 5) is 8.74. The lowest BCUT2D eigenvalue weighted by Crippen LogP contribution is -2.03. The third-order valence-corrected chi connectivity index (χ3v) is 2.63. The Bertz CT molecular complexity index is 310. The monoisotopic (exact) mass is 241 g/mol. The molecule has 1 aromatic heterocycles. The van der Waals surface area contributed by atoms with E-state index in [-0.39, 0.29) is 0 Å². The van der Waals surface area contributed by atoms with Crippen LogP contribution in [0.3, 0.4) is 0 Å². The predicted octanol–water partition coefficient (Wildman–Crippen LogP) is 2.55. The third kappa shape index (κ3) is 1.99. The second-order valence-corrected chi connectivity index (χ2v) is 4.08. The summed E-state index contributed by atoms with van der Waals surface area (Å²) in [6.45, 7) is 2.95. The van der Waals surface area contributed by atoms with E-state index in [1.165, 1.54) is 12.8 Å². The zero-order valence-electron chi connectivity index (χ0n) is 7.55. The first-order valence-electron chi connectivity index (χ1n) is 4.57. The fourth-order valence-electron chi connectivity index (χ4n) is 1.21. The van der Waals surface area contributed by atoms with E-state index >= 15 is 0 Å². The highest BCUT2D eigenvalue weighted by Crippen LogP contribution is 2.38. The Morgan fingerprint density at radius 2 is 2.38 bits per heavy atom. The lowest BCUT2D eigenvalue weighted by atomic mass is 10.4. The van der Waals surface area contributed by atoms with E-state index in [1.807, 2.05) is 6.20 Å². The number of halogens is 1. The van der Waals surface area contributed by atoms with E-state index < -0.39 is 0 Å². The van der Waals surface area contributed by atoms with Gasteiger partial charge in [0.25, 0.3) is 0 Å². The molecule has 0 spiro atoms. The maximum absolute atomic E-state index is 4.45. The summed E-state index contributed by atoms with van der Waals surface area (Å²) in [5.41, 5.74) is 0. The van der Waals surface area contributed by atoms with Crippen molar-refractivity contribution in [1.29, 1.82) is 0 Å². The largest absolute Gasteiger partial charge is 0.369 e. The lowest BCUT2D eigenvalue weighted by Gasteiger charge is -2.05. The molecule has 3 nitrogen and oxygen atoms in total. The third-order valence-electron chi connectivity index (χ3n) is 2.05. The van der Waals surface area contributed by atoms with Gasteiger partial charge in [0, 0.05) is 18.7 Å². The smallest absolute Gasteiger partial charge is 0.144 e. The van der Waals surface area contributed by atoms with Gasteiger partial charge in [-0.15, -0.1) is 0 Å². The van der Waals surface area contributed by atoms with Crippen molar-refractivity contribution in [3.8, 4) is 0 Å². The molecule has 4 heteroatoms. The minimum Gasteiger partial charge on any atom is -0.369 e. The van der Waals surface area contributed by atoms with Crippen molar-refractivity contribution in [2.45, 2.75) is 25.7 Å².